The number of nitrogens with zero attached hydrogens (tertiary/aromatic N) is 5. The minimum atomic E-state index is -3.48. The third-order valence-electron chi connectivity index (χ3n) is 7.04. The van der Waals surface area contributed by atoms with Gasteiger partial charge in [-0.3, -0.25) is 4.31 Å². The highest BCUT2D eigenvalue weighted by molar-refractivity contribution is 7.92. The highest BCUT2D eigenvalue weighted by atomic mass is 35.5. The Morgan fingerprint density at radius 3 is 2.72 bits per heavy atom. The fourth-order valence-electron chi connectivity index (χ4n) is 4.88. The highest BCUT2D eigenvalue weighted by Gasteiger charge is 2.30. The van der Waals surface area contributed by atoms with E-state index < -0.39 is 10.0 Å². The summed E-state index contributed by atoms with van der Waals surface area (Å²) in [6.45, 7) is 6.52. The zero-order valence-corrected chi connectivity index (χ0v) is 22.5. The van der Waals surface area contributed by atoms with Gasteiger partial charge in [-0.2, -0.15) is 0 Å². The molecule has 0 unspecified atom stereocenters. The molecule has 10 heteroatoms. The van der Waals surface area contributed by atoms with Crippen molar-refractivity contribution in [3.05, 3.63) is 58.8 Å². The second-order valence-electron chi connectivity index (χ2n) is 10.3. The largest absolute Gasteiger partial charge is 0.491 e. The van der Waals surface area contributed by atoms with Crippen LogP contribution in [0.15, 0.2) is 36.8 Å². The third-order valence-corrected chi connectivity index (χ3v) is 8.52. The molecule has 0 saturated heterocycles. The van der Waals surface area contributed by atoms with Gasteiger partial charge in [0.1, 0.15) is 24.5 Å². The fraction of sp³-hybridized carbons (Fsp3) is 0.423. The van der Waals surface area contributed by atoms with Crippen LogP contribution in [-0.4, -0.2) is 49.8 Å². The molecule has 3 aromatic rings. The van der Waals surface area contributed by atoms with E-state index in [1.54, 1.807) is 18.6 Å². The van der Waals surface area contributed by atoms with Crippen molar-refractivity contribution in [1.82, 2.24) is 15.0 Å². The molecule has 0 radical (unpaired) electrons. The molecular formula is C26H30ClN5O3S. The lowest BCUT2D eigenvalue weighted by molar-refractivity contribution is 0.310. The second kappa shape index (κ2) is 9.19. The molecular weight excluding hydrogens is 498 g/mol. The molecule has 3 heterocycles. The van der Waals surface area contributed by atoms with Crippen LogP contribution in [0.4, 0.5) is 11.5 Å². The van der Waals surface area contributed by atoms with Crippen molar-refractivity contribution < 1.29 is 13.2 Å². The first-order valence-corrected chi connectivity index (χ1v) is 14.2. The summed E-state index contributed by atoms with van der Waals surface area (Å²) in [6.07, 6.45) is 7.51. The smallest absolute Gasteiger partial charge is 0.232 e. The van der Waals surface area contributed by atoms with Gasteiger partial charge in [0.15, 0.2) is 5.15 Å². The molecule has 190 valence electrons. The summed E-state index contributed by atoms with van der Waals surface area (Å²) < 4.78 is 31.4. The van der Waals surface area contributed by atoms with Crippen LogP contribution < -0.4 is 13.9 Å². The Kier molecular flexibility index (Phi) is 6.32. The van der Waals surface area contributed by atoms with E-state index in [1.165, 1.54) is 12.6 Å². The number of anilines is 2. The predicted molar refractivity (Wildman–Crippen MR) is 142 cm³/mol. The maximum absolute atomic E-state index is 12.1. The van der Waals surface area contributed by atoms with Crippen molar-refractivity contribution in [2.45, 2.75) is 39.7 Å². The molecule has 0 bridgehead atoms. The summed E-state index contributed by atoms with van der Waals surface area (Å²) in [5, 5.41) is 0.132. The monoisotopic (exact) mass is 527 g/mol. The molecule has 36 heavy (non-hydrogen) atoms. The zero-order chi connectivity index (χ0) is 25.7. The lowest BCUT2D eigenvalue weighted by Crippen LogP contribution is -2.31. The Morgan fingerprint density at radius 1 is 1.14 bits per heavy atom. The standard InChI is InChI=1S/C26H30ClN5O3S/c1-26(2)8-7-21-20(13-26)25(30-16-29-21)32-9-10-35-23-6-5-17(11-19(23)15-32)18-12-22(24(27)28-14-18)31(3)36(4,33)34/h5-6,11-12,14,16H,7-10,13,15H2,1-4H3. The maximum Gasteiger partial charge on any atom is 0.232 e. The van der Waals surface area contributed by atoms with Gasteiger partial charge < -0.3 is 9.64 Å². The molecule has 0 atom stereocenters. The molecule has 1 aromatic carbocycles. The number of halogens is 1. The van der Waals surface area contributed by atoms with E-state index in [2.05, 4.69) is 34.8 Å². The summed E-state index contributed by atoms with van der Waals surface area (Å²) in [5.41, 5.74) is 5.64. The fourth-order valence-corrected chi connectivity index (χ4v) is 5.66. The average molecular weight is 528 g/mol. The normalized spacial score (nSPS) is 17.0. The predicted octanol–water partition coefficient (Wildman–Crippen LogP) is 4.50. The van der Waals surface area contributed by atoms with Gasteiger partial charge in [-0.25, -0.2) is 23.4 Å². The van der Waals surface area contributed by atoms with Gasteiger partial charge >= 0.3 is 0 Å². The van der Waals surface area contributed by atoms with E-state index in [0.717, 1.165) is 70.3 Å². The van der Waals surface area contributed by atoms with Crippen LogP contribution >= 0.6 is 11.6 Å². The molecule has 2 aromatic heterocycles. The van der Waals surface area contributed by atoms with Crippen molar-refractivity contribution in [2.24, 2.45) is 5.41 Å². The van der Waals surface area contributed by atoms with Crippen LogP contribution in [-0.2, 0) is 29.4 Å². The van der Waals surface area contributed by atoms with E-state index in [9.17, 15) is 8.42 Å². The summed E-state index contributed by atoms with van der Waals surface area (Å²) in [6, 6.07) is 7.73. The topological polar surface area (TPSA) is 88.5 Å². The van der Waals surface area contributed by atoms with Gasteiger partial charge in [-0.05, 0) is 48.4 Å². The molecule has 0 fully saturated rings. The maximum atomic E-state index is 12.1. The number of sulfonamides is 1. The summed E-state index contributed by atoms with van der Waals surface area (Å²) in [4.78, 5) is 15.8. The molecule has 5 rings (SSSR count). The third kappa shape index (κ3) is 4.86. The number of fused-ring (bicyclic) bond motifs is 2. The Balaban J connectivity index is 1.50. The Hall–Kier alpha value is -2.91. The van der Waals surface area contributed by atoms with Crippen molar-refractivity contribution in [3.63, 3.8) is 0 Å². The van der Waals surface area contributed by atoms with Gasteiger partial charge in [0.2, 0.25) is 10.0 Å². The minimum absolute atomic E-state index is 0.132. The molecule has 0 N–H and O–H groups in total. The average Bonchev–Trinajstić information content (AvgIpc) is 3.04. The van der Waals surface area contributed by atoms with E-state index >= 15 is 0 Å². The van der Waals surface area contributed by atoms with Crippen molar-refractivity contribution in [2.75, 3.05) is 35.7 Å². The molecule has 2 aliphatic rings. The van der Waals surface area contributed by atoms with Crippen molar-refractivity contribution in [3.8, 4) is 16.9 Å². The van der Waals surface area contributed by atoms with Crippen molar-refractivity contribution >= 4 is 33.1 Å². The molecule has 8 nitrogen and oxygen atoms in total. The Labute approximate surface area is 217 Å². The lowest BCUT2D eigenvalue weighted by Gasteiger charge is -2.33. The van der Waals surface area contributed by atoms with E-state index in [4.69, 9.17) is 21.3 Å². The Bertz CT molecular complexity index is 1430. The SMILES string of the molecule is CN(c1cc(-c2ccc3c(c2)CN(c2ncnc4c2CC(C)(C)CC4)CCO3)cnc1Cl)S(C)(=O)=O. The van der Waals surface area contributed by atoms with Gasteiger partial charge in [0.05, 0.1) is 18.5 Å². The molecule has 1 aliphatic heterocycles. The molecule has 0 saturated carbocycles. The quantitative estimate of drug-likeness (QED) is 0.461. The van der Waals surface area contributed by atoms with Crippen LogP contribution in [0.5, 0.6) is 5.75 Å². The highest BCUT2D eigenvalue weighted by Crippen LogP contribution is 2.39. The molecule has 1 aliphatic carbocycles. The first-order chi connectivity index (χ1) is 17.0. The number of hydrogen-bond acceptors (Lipinski definition) is 7. The van der Waals surface area contributed by atoms with E-state index in [1.807, 2.05) is 12.1 Å². The van der Waals surface area contributed by atoms with Crippen LogP contribution in [0.3, 0.4) is 0 Å². The summed E-state index contributed by atoms with van der Waals surface area (Å²) in [7, 11) is -2.01. The van der Waals surface area contributed by atoms with Gasteiger partial charge in [0.25, 0.3) is 0 Å². The summed E-state index contributed by atoms with van der Waals surface area (Å²) in [5.74, 6) is 1.82. The second-order valence-corrected chi connectivity index (χ2v) is 12.7. The van der Waals surface area contributed by atoms with Gasteiger partial charge in [-0.15, -0.1) is 0 Å². The van der Waals surface area contributed by atoms with Crippen LogP contribution in [0, 0.1) is 5.41 Å². The van der Waals surface area contributed by atoms with Crippen molar-refractivity contribution in [1.29, 1.82) is 0 Å². The van der Waals surface area contributed by atoms with Gasteiger partial charge in [0, 0.05) is 42.2 Å². The first kappa shape index (κ1) is 24.8. The molecule has 0 spiro atoms. The number of benzene rings is 1. The number of rotatable bonds is 4. The number of pyridine rings is 1. The zero-order valence-electron chi connectivity index (χ0n) is 21.0. The van der Waals surface area contributed by atoms with Crippen LogP contribution in [0.2, 0.25) is 5.15 Å². The number of aryl methyl sites for hydroxylation is 1. The van der Waals surface area contributed by atoms with Gasteiger partial charge in [-0.1, -0.05) is 31.5 Å². The number of aromatic nitrogens is 3. The summed E-state index contributed by atoms with van der Waals surface area (Å²) >= 11 is 6.23. The lowest BCUT2D eigenvalue weighted by atomic mass is 9.76. The van der Waals surface area contributed by atoms with Crippen LogP contribution in [0.25, 0.3) is 11.1 Å². The van der Waals surface area contributed by atoms with Crippen LogP contribution in [0.1, 0.15) is 37.1 Å². The van der Waals surface area contributed by atoms with E-state index in [0.29, 0.717) is 18.8 Å². The first-order valence-electron chi connectivity index (χ1n) is 12.0. The molecule has 0 amide bonds. The number of ether oxygens (including phenoxy) is 1. The number of hydrogen-bond donors (Lipinski definition) is 0. The Morgan fingerprint density at radius 2 is 1.94 bits per heavy atom. The van der Waals surface area contributed by atoms with E-state index in [-0.39, 0.29) is 10.6 Å². The minimum Gasteiger partial charge on any atom is -0.491 e.